The van der Waals surface area contributed by atoms with Crippen molar-refractivity contribution in [3.8, 4) is 0 Å². The summed E-state index contributed by atoms with van der Waals surface area (Å²) in [7, 11) is 0. The molecule has 1 aliphatic heterocycles. The molecule has 1 atom stereocenters. The maximum Gasteiger partial charge on any atom is 0.334 e. The first-order chi connectivity index (χ1) is 14.0. The highest BCUT2D eigenvalue weighted by Crippen LogP contribution is 2.51. The molecule has 1 unspecified atom stereocenters. The number of pyridine rings is 1. The van der Waals surface area contributed by atoms with Crippen LogP contribution in [0.15, 0.2) is 90.8 Å². The molecule has 1 aromatic heterocycles. The van der Waals surface area contributed by atoms with Crippen LogP contribution in [0.1, 0.15) is 16.7 Å². The molecule has 0 saturated heterocycles. The molecule has 2 aromatic carbocycles. The van der Waals surface area contributed by atoms with Crippen molar-refractivity contribution in [1.29, 1.82) is 0 Å². The molecule has 4 rings (SSSR count). The number of nitrogens with zero attached hydrogens (tertiary/aromatic N) is 2. The molecule has 2 heterocycles. The van der Waals surface area contributed by atoms with Crippen molar-refractivity contribution in [3.63, 3.8) is 0 Å². The number of benzene rings is 2. The van der Waals surface area contributed by atoms with E-state index in [1.54, 1.807) is 24.5 Å². The second-order valence-electron chi connectivity index (χ2n) is 6.73. The molecular weight excluding hydrogens is 368 g/mol. The van der Waals surface area contributed by atoms with Gasteiger partial charge in [-0.15, -0.1) is 0 Å². The zero-order valence-corrected chi connectivity index (χ0v) is 15.4. The van der Waals surface area contributed by atoms with Gasteiger partial charge in [-0.1, -0.05) is 54.6 Å². The van der Waals surface area contributed by atoms with E-state index in [-0.39, 0.29) is 5.57 Å². The van der Waals surface area contributed by atoms with Gasteiger partial charge >= 0.3 is 11.9 Å². The van der Waals surface area contributed by atoms with Gasteiger partial charge in [-0.05, 0) is 28.8 Å². The highest BCUT2D eigenvalue weighted by molar-refractivity contribution is 5.99. The van der Waals surface area contributed by atoms with Crippen LogP contribution in [0.5, 0.6) is 0 Å². The minimum Gasteiger partial charge on any atom is -0.478 e. The number of hydrogen-bond acceptors (Lipinski definition) is 4. The Bertz CT molecular complexity index is 1100. The molecule has 0 spiro atoms. The fraction of sp³-hybridized carbons (Fsp3) is 0.0870. The number of anilines is 1. The average Bonchev–Trinajstić information content (AvgIpc) is 3.09. The summed E-state index contributed by atoms with van der Waals surface area (Å²) in [4.78, 5) is 30.0. The van der Waals surface area contributed by atoms with Crippen molar-refractivity contribution in [2.45, 2.75) is 12.1 Å². The third kappa shape index (κ3) is 2.95. The number of carboxylic acids is 2. The lowest BCUT2D eigenvalue weighted by Crippen LogP contribution is -2.46. The summed E-state index contributed by atoms with van der Waals surface area (Å²) < 4.78 is 0. The van der Waals surface area contributed by atoms with Crippen LogP contribution in [0.3, 0.4) is 0 Å². The van der Waals surface area contributed by atoms with Crippen LogP contribution in [-0.4, -0.2) is 27.1 Å². The first-order valence-electron chi connectivity index (χ1n) is 9.05. The number of hydrogen-bond donors (Lipinski definition) is 2. The first-order valence-corrected chi connectivity index (χ1v) is 9.05. The van der Waals surface area contributed by atoms with Gasteiger partial charge < -0.3 is 15.1 Å². The lowest BCUT2D eigenvalue weighted by atomic mass is 9.76. The first kappa shape index (κ1) is 18.4. The number of fused-ring (bicyclic) bond motifs is 1. The summed E-state index contributed by atoms with van der Waals surface area (Å²) in [5, 5.41) is 19.6. The van der Waals surface area contributed by atoms with E-state index in [0.717, 1.165) is 22.9 Å². The molecule has 3 aromatic rings. The highest BCUT2D eigenvalue weighted by Gasteiger charge is 2.52. The maximum absolute atomic E-state index is 12.4. The second kappa shape index (κ2) is 7.24. The Morgan fingerprint density at radius 2 is 1.59 bits per heavy atom. The minimum atomic E-state index is -1.31. The van der Waals surface area contributed by atoms with Crippen LogP contribution in [0.2, 0.25) is 0 Å². The van der Waals surface area contributed by atoms with E-state index in [1.807, 2.05) is 59.5 Å². The Morgan fingerprint density at radius 3 is 2.24 bits per heavy atom. The van der Waals surface area contributed by atoms with E-state index < -0.39 is 17.5 Å². The summed E-state index contributed by atoms with van der Waals surface area (Å²) in [6.07, 6.45) is 4.07. The number of aromatic nitrogens is 1. The van der Waals surface area contributed by atoms with Crippen molar-refractivity contribution < 1.29 is 19.8 Å². The average molecular weight is 386 g/mol. The van der Waals surface area contributed by atoms with Gasteiger partial charge in [0.25, 0.3) is 0 Å². The SMILES string of the molecule is O=C(O)/C=C(\C(=O)O)C1(c2ccccc2)c2ccccc2CN1c1ccncc1. The van der Waals surface area contributed by atoms with Crippen LogP contribution in [0.4, 0.5) is 5.69 Å². The Balaban J connectivity index is 2.13. The van der Waals surface area contributed by atoms with Crippen LogP contribution in [0, 0.1) is 0 Å². The van der Waals surface area contributed by atoms with Gasteiger partial charge in [-0.25, -0.2) is 9.59 Å². The van der Waals surface area contributed by atoms with Crippen molar-refractivity contribution in [2.75, 3.05) is 4.90 Å². The predicted octanol–water partition coefficient (Wildman–Crippen LogP) is 3.44. The van der Waals surface area contributed by atoms with Gasteiger partial charge in [0, 0.05) is 30.7 Å². The monoisotopic (exact) mass is 386 g/mol. The maximum atomic E-state index is 12.4. The van der Waals surface area contributed by atoms with E-state index in [0.29, 0.717) is 12.1 Å². The van der Waals surface area contributed by atoms with Gasteiger partial charge in [0.05, 0.1) is 5.57 Å². The number of rotatable bonds is 5. The fourth-order valence-corrected chi connectivity index (χ4v) is 4.14. The van der Waals surface area contributed by atoms with Crippen molar-refractivity contribution in [1.82, 2.24) is 4.98 Å². The summed E-state index contributed by atoms with van der Waals surface area (Å²) in [5.74, 6) is -2.59. The van der Waals surface area contributed by atoms with Crippen molar-refractivity contribution >= 4 is 17.6 Å². The van der Waals surface area contributed by atoms with E-state index in [4.69, 9.17) is 0 Å². The van der Waals surface area contributed by atoms with Crippen LogP contribution in [0.25, 0.3) is 0 Å². The Morgan fingerprint density at radius 1 is 0.931 bits per heavy atom. The van der Waals surface area contributed by atoms with E-state index in [2.05, 4.69) is 4.98 Å². The van der Waals surface area contributed by atoms with Crippen LogP contribution in [-0.2, 0) is 21.7 Å². The van der Waals surface area contributed by atoms with E-state index >= 15 is 0 Å². The zero-order valence-electron chi connectivity index (χ0n) is 15.4. The normalized spacial score (nSPS) is 18.3. The molecule has 0 saturated carbocycles. The molecule has 144 valence electrons. The molecule has 0 amide bonds. The largest absolute Gasteiger partial charge is 0.478 e. The Labute approximate surface area is 167 Å². The zero-order chi connectivity index (χ0) is 20.4. The van der Waals surface area contributed by atoms with E-state index in [9.17, 15) is 19.8 Å². The molecule has 2 N–H and O–H groups in total. The number of carboxylic acid groups (broad SMARTS) is 2. The number of carbonyl (C=O) groups is 2. The third-order valence-corrected chi connectivity index (χ3v) is 5.19. The lowest BCUT2D eigenvalue weighted by molar-refractivity contribution is -0.135. The molecule has 29 heavy (non-hydrogen) atoms. The predicted molar refractivity (Wildman–Crippen MR) is 107 cm³/mol. The van der Waals surface area contributed by atoms with Gasteiger partial charge in [0.15, 0.2) is 0 Å². The second-order valence-corrected chi connectivity index (χ2v) is 6.73. The topological polar surface area (TPSA) is 90.7 Å². The Kier molecular flexibility index (Phi) is 4.60. The molecular formula is C23H18N2O4. The molecule has 1 aliphatic rings. The minimum absolute atomic E-state index is 0.224. The summed E-state index contributed by atoms with van der Waals surface area (Å²) >= 11 is 0. The molecule has 0 aliphatic carbocycles. The van der Waals surface area contributed by atoms with Crippen molar-refractivity contribution in [2.24, 2.45) is 0 Å². The standard InChI is InChI=1S/C23H18N2O4/c26-21(27)14-20(22(28)29)23(17-7-2-1-3-8-17)19-9-5-4-6-16(19)15-25(23)18-10-12-24-13-11-18/h1-14H,15H2,(H,26,27)(H,28,29)/b20-14+. The molecule has 0 bridgehead atoms. The quantitative estimate of drug-likeness (QED) is 0.653. The lowest BCUT2D eigenvalue weighted by Gasteiger charge is -2.41. The summed E-state index contributed by atoms with van der Waals surface area (Å²) in [5.41, 5.74) is 1.58. The smallest absolute Gasteiger partial charge is 0.334 e. The van der Waals surface area contributed by atoms with Gasteiger partial charge in [-0.2, -0.15) is 0 Å². The molecule has 0 fully saturated rings. The van der Waals surface area contributed by atoms with E-state index in [1.165, 1.54) is 0 Å². The van der Waals surface area contributed by atoms with Crippen molar-refractivity contribution in [3.05, 3.63) is 107 Å². The third-order valence-electron chi connectivity index (χ3n) is 5.19. The highest BCUT2D eigenvalue weighted by atomic mass is 16.4. The van der Waals surface area contributed by atoms with Crippen LogP contribution < -0.4 is 4.90 Å². The fourth-order valence-electron chi connectivity index (χ4n) is 4.14. The molecule has 0 radical (unpaired) electrons. The Hall–Kier alpha value is -3.93. The molecule has 6 heteroatoms. The molecule has 6 nitrogen and oxygen atoms in total. The number of aliphatic carboxylic acids is 2. The van der Waals surface area contributed by atoms with Gasteiger partial charge in [0.2, 0.25) is 0 Å². The summed E-state index contributed by atoms with van der Waals surface area (Å²) in [6, 6.07) is 20.3. The summed E-state index contributed by atoms with van der Waals surface area (Å²) in [6.45, 7) is 0.430. The van der Waals surface area contributed by atoms with Gasteiger partial charge in [-0.3, -0.25) is 4.98 Å². The van der Waals surface area contributed by atoms with Crippen LogP contribution >= 0.6 is 0 Å². The van der Waals surface area contributed by atoms with Gasteiger partial charge in [0.1, 0.15) is 5.54 Å².